The summed E-state index contributed by atoms with van der Waals surface area (Å²) in [5.74, 6) is 0.886. The number of nitrogens with zero attached hydrogens (tertiary/aromatic N) is 2. The van der Waals surface area contributed by atoms with Crippen LogP contribution in [0.2, 0.25) is 0 Å². The largest absolute Gasteiger partial charge is 0.330 e. The fourth-order valence-electron chi connectivity index (χ4n) is 3.26. The first-order valence-electron chi connectivity index (χ1n) is 6.59. The molecule has 1 N–H and O–H groups in total. The molecule has 0 spiro atoms. The highest BCUT2D eigenvalue weighted by Crippen LogP contribution is 2.36. The van der Waals surface area contributed by atoms with Gasteiger partial charge in [0.15, 0.2) is 0 Å². The number of nitrogens with one attached hydrogen (secondary N) is 1. The summed E-state index contributed by atoms with van der Waals surface area (Å²) < 4.78 is 2.44. The normalized spacial score (nSPS) is 34.7. The molecule has 0 aromatic carbocycles. The Kier molecular flexibility index (Phi) is 2.72. The molecular weight excluding hydrogens is 198 g/mol. The maximum absolute atomic E-state index is 4.36. The third kappa shape index (κ3) is 1.77. The molecule has 3 atom stereocenters. The van der Waals surface area contributed by atoms with Gasteiger partial charge in [-0.05, 0) is 44.6 Å². The van der Waals surface area contributed by atoms with Gasteiger partial charge in [-0.15, -0.1) is 0 Å². The van der Waals surface area contributed by atoms with Crippen molar-refractivity contribution in [1.82, 2.24) is 14.9 Å². The van der Waals surface area contributed by atoms with Crippen molar-refractivity contribution in [2.75, 3.05) is 6.54 Å². The van der Waals surface area contributed by atoms with Gasteiger partial charge in [-0.3, -0.25) is 0 Å². The van der Waals surface area contributed by atoms with Gasteiger partial charge in [0.25, 0.3) is 0 Å². The van der Waals surface area contributed by atoms with E-state index in [1.165, 1.54) is 37.8 Å². The fourth-order valence-corrected chi connectivity index (χ4v) is 3.26. The van der Waals surface area contributed by atoms with Gasteiger partial charge in [-0.1, -0.05) is 6.92 Å². The van der Waals surface area contributed by atoms with Crippen LogP contribution in [0.25, 0.3) is 0 Å². The van der Waals surface area contributed by atoms with Gasteiger partial charge in [0.1, 0.15) is 0 Å². The van der Waals surface area contributed by atoms with E-state index in [9.17, 15) is 0 Å². The van der Waals surface area contributed by atoms with E-state index in [1.807, 2.05) is 6.33 Å². The molecular formula is C13H21N3. The van der Waals surface area contributed by atoms with Gasteiger partial charge in [0, 0.05) is 18.3 Å². The number of hydrogen-bond acceptors (Lipinski definition) is 2. The lowest BCUT2D eigenvalue weighted by atomic mass is 10.1. The number of hydrogen-bond donors (Lipinski definition) is 1. The van der Waals surface area contributed by atoms with Crippen molar-refractivity contribution in [2.45, 2.75) is 51.1 Å². The molecule has 2 fully saturated rings. The van der Waals surface area contributed by atoms with Crippen molar-refractivity contribution in [2.24, 2.45) is 5.92 Å². The maximum Gasteiger partial charge on any atom is 0.0951 e. The minimum absolute atomic E-state index is 0.554. The van der Waals surface area contributed by atoms with E-state index in [0.717, 1.165) is 12.5 Å². The van der Waals surface area contributed by atoms with E-state index < -0.39 is 0 Å². The first-order valence-corrected chi connectivity index (χ1v) is 6.59. The molecule has 2 unspecified atom stereocenters. The van der Waals surface area contributed by atoms with Gasteiger partial charge in [0.2, 0.25) is 0 Å². The molecule has 1 aliphatic carbocycles. The highest BCUT2D eigenvalue weighted by molar-refractivity contribution is 5.09. The third-order valence-corrected chi connectivity index (χ3v) is 4.17. The first-order chi connectivity index (χ1) is 7.84. The van der Waals surface area contributed by atoms with Crippen molar-refractivity contribution >= 4 is 0 Å². The summed E-state index contributed by atoms with van der Waals surface area (Å²) in [7, 11) is 0. The predicted octanol–water partition coefficient (Wildman–Crippen LogP) is 2.67. The van der Waals surface area contributed by atoms with Crippen LogP contribution in [0.3, 0.4) is 0 Å². The average Bonchev–Trinajstić information content (AvgIpc) is 2.96. The molecule has 0 amide bonds. The topological polar surface area (TPSA) is 29.9 Å². The lowest BCUT2D eigenvalue weighted by molar-refractivity contribution is 0.456. The van der Waals surface area contributed by atoms with Crippen LogP contribution in [0.15, 0.2) is 12.5 Å². The SMILES string of the molecule is CC1CCC(n2cncc2[C@@H]2CCCN2)C1. The van der Waals surface area contributed by atoms with Crippen LogP contribution in [0, 0.1) is 5.92 Å². The van der Waals surface area contributed by atoms with Crippen molar-refractivity contribution < 1.29 is 0 Å². The zero-order valence-corrected chi connectivity index (χ0v) is 10.0. The number of aromatic nitrogens is 2. The van der Waals surface area contributed by atoms with Gasteiger partial charge < -0.3 is 9.88 Å². The van der Waals surface area contributed by atoms with Crippen molar-refractivity contribution in [3.63, 3.8) is 0 Å². The second kappa shape index (κ2) is 4.21. The van der Waals surface area contributed by atoms with Gasteiger partial charge >= 0.3 is 0 Å². The quantitative estimate of drug-likeness (QED) is 0.828. The van der Waals surface area contributed by atoms with E-state index in [-0.39, 0.29) is 0 Å². The predicted molar refractivity (Wildman–Crippen MR) is 64.3 cm³/mol. The Morgan fingerprint density at radius 1 is 1.38 bits per heavy atom. The monoisotopic (exact) mass is 219 g/mol. The average molecular weight is 219 g/mol. The first kappa shape index (κ1) is 10.3. The molecule has 3 heteroatoms. The van der Waals surface area contributed by atoms with Crippen LogP contribution in [0.4, 0.5) is 0 Å². The molecule has 0 radical (unpaired) electrons. The zero-order valence-electron chi connectivity index (χ0n) is 10.0. The van der Waals surface area contributed by atoms with Crippen LogP contribution in [-0.4, -0.2) is 16.1 Å². The van der Waals surface area contributed by atoms with Crippen LogP contribution in [-0.2, 0) is 0 Å². The molecule has 3 rings (SSSR count). The molecule has 2 heterocycles. The maximum atomic E-state index is 4.36. The minimum atomic E-state index is 0.554. The summed E-state index contributed by atoms with van der Waals surface area (Å²) in [6, 6.07) is 1.26. The second-order valence-electron chi connectivity index (χ2n) is 5.45. The van der Waals surface area contributed by atoms with E-state index in [2.05, 4.69) is 28.0 Å². The van der Waals surface area contributed by atoms with Crippen molar-refractivity contribution in [3.8, 4) is 0 Å². The Balaban J connectivity index is 1.81. The Morgan fingerprint density at radius 2 is 2.31 bits per heavy atom. The fraction of sp³-hybridized carbons (Fsp3) is 0.769. The summed E-state index contributed by atoms with van der Waals surface area (Å²) in [6.45, 7) is 3.53. The smallest absolute Gasteiger partial charge is 0.0951 e. The van der Waals surface area contributed by atoms with Gasteiger partial charge in [-0.2, -0.15) is 0 Å². The van der Waals surface area contributed by atoms with E-state index in [0.29, 0.717) is 12.1 Å². The summed E-state index contributed by atoms with van der Waals surface area (Å²) in [4.78, 5) is 4.36. The molecule has 1 saturated carbocycles. The number of rotatable bonds is 2. The zero-order chi connectivity index (χ0) is 11.0. The lowest BCUT2D eigenvalue weighted by Gasteiger charge is -2.19. The molecule has 16 heavy (non-hydrogen) atoms. The molecule has 2 aliphatic rings. The Bertz CT molecular complexity index is 352. The Labute approximate surface area is 97.3 Å². The van der Waals surface area contributed by atoms with E-state index >= 15 is 0 Å². The van der Waals surface area contributed by atoms with Crippen molar-refractivity contribution in [1.29, 1.82) is 0 Å². The summed E-state index contributed by atoms with van der Waals surface area (Å²) in [5, 5.41) is 3.57. The lowest BCUT2D eigenvalue weighted by Crippen LogP contribution is -2.18. The highest BCUT2D eigenvalue weighted by atomic mass is 15.1. The third-order valence-electron chi connectivity index (χ3n) is 4.17. The molecule has 0 bridgehead atoms. The van der Waals surface area contributed by atoms with E-state index in [4.69, 9.17) is 0 Å². The summed E-state index contributed by atoms with van der Waals surface area (Å²) in [6.07, 6.45) is 10.7. The van der Waals surface area contributed by atoms with Crippen LogP contribution < -0.4 is 5.32 Å². The van der Waals surface area contributed by atoms with Crippen LogP contribution in [0.5, 0.6) is 0 Å². The highest BCUT2D eigenvalue weighted by Gasteiger charge is 2.27. The molecule has 3 nitrogen and oxygen atoms in total. The second-order valence-corrected chi connectivity index (χ2v) is 5.45. The Morgan fingerprint density at radius 3 is 3.00 bits per heavy atom. The van der Waals surface area contributed by atoms with Gasteiger partial charge in [0.05, 0.1) is 12.0 Å². The van der Waals surface area contributed by atoms with E-state index in [1.54, 1.807) is 0 Å². The number of imidazole rings is 1. The van der Waals surface area contributed by atoms with Crippen molar-refractivity contribution in [3.05, 3.63) is 18.2 Å². The van der Waals surface area contributed by atoms with Crippen LogP contribution in [0.1, 0.15) is 56.8 Å². The summed E-state index contributed by atoms with van der Waals surface area (Å²) in [5.41, 5.74) is 1.41. The molecule has 1 aromatic heterocycles. The summed E-state index contributed by atoms with van der Waals surface area (Å²) >= 11 is 0. The Hall–Kier alpha value is -0.830. The van der Waals surface area contributed by atoms with Gasteiger partial charge in [-0.25, -0.2) is 4.98 Å². The molecule has 1 aromatic rings. The minimum Gasteiger partial charge on any atom is -0.330 e. The molecule has 1 aliphatic heterocycles. The molecule has 88 valence electrons. The molecule has 1 saturated heterocycles. The van der Waals surface area contributed by atoms with Crippen LogP contribution >= 0.6 is 0 Å². The standard InChI is InChI=1S/C13H21N3/c1-10-4-5-11(7-10)16-9-14-8-13(16)12-3-2-6-15-12/h8-12,15H,2-7H2,1H3/t10?,11?,12-/m0/s1.